The standard InChI is InChI=1S/C23H21NS/c1-22(2)14-23(17-8-4-3-7-16(17)22)18-9-5-6-10-20(18)25-21-12-11-15(24)13-19(21)23/h3-13H,14,24H2,1-2H3. The molecule has 3 aromatic rings. The molecule has 2 aliphatic rings. The van der Waals surface area contributed by atoms with Gasteiger partial charge in [-0.05, 0) is 58.4 Å². The summed E-state index contributed by atoms with van der Waals surface area (Å²) >= 11 is 1.87. The van der Waals surface area contributed by atoms with Gasteiger partial charge in [0.15, 0.2) is 0 Å². The third kappa shape index (κ3) is 1.92. The van der Waals surface area contributed by atoms with E-state index in [0.717, 1.165) is 12.1 Å². The molecule has 5 rings (SSSR count). The minimum Gasteiger partial charge on any atom is -0.399 e. The second kappa shape index (κ2) is 4.92. The van der Waals surface area contributed by atoms with E-state index in [1.165, 1.54) is 32.0 Å². The van der Waals surface area contributed by atoms with E-state index in [0.29, 0.717) is 0 Å². The Labute approximate surface area is 153 Å². The van der Waals surface area contributed by atoms with Gasteiger partial charge < -0.3 is 5.73 Å². The van der Waals surface area contributed by atoms with Gasteiger partial charge in [-0.25, -0.2) is 0 Å². The van der Waals surface area contributed by atoms with Crippen molar-refractivity contribution < 1.29 is 0 Å². The number of anilines is 1. The van der Waals surface area contributed by atoms with Crippen molar-refractivity contribution in [3.05, 3.63) is 89.0 Å². The van der Waals surface area contributed by atoms with Crippen LogP contribution in [0.25, 0.3) is 0 Å². The first kappa shape index (κ1) is 15.1. The summed E-state index contributed by atoms with van der Waals surface area (Å²) in [4.78, 5) is 2.70. The zero-order chi connectivity index (χ0) is 17.2. The van der Waals surface area contributed by atoms with E-state index in [4.69, 9.17) is 5.73 Å². The fourth-order valence-corrected chi connectivity index (χ4v) is 6.14. The number of rotatable bonds is 0. The lowest BCUT2D eigenvalue weighted by Crippen LogP contribution is -2.32. The molecule has 1 atom stereocenters. The Hall–Kier alpha value is -2.19. The first-order valence-corrected chi connectivity index (χ1v) is 9.61. The van der Waals surface area contributed by atoms with Gasteiger partial charge in [-0.15, -0.1) is 0 Å². The van der Waals surface area contributed by atoms with Crippen LogP contribution in [0.1, 0.15) is 42.5 Å². The summed E-state index contributed by atoms with van der Waals surface area (Å²) in [6.07, 6.45) is 1.08. The Kier molecular flexibility index (Phi) is 2.97. The molecule has 25 heavy (non-hydrogen) atoms. The summed E-state index contributed by atoms with van der Waals surface area (Å²) in [6, 6.07) is 24.3. The molecule has 0 saturated carbocycles. The summed E-state index contributed by atoms with van der Waals surface area (Å²) in [7, 11) is 0. The average Bonchev–Trinajstić information content (AvgIpc) is 2.85. The van der Waals surface area contributed by atoms with Crippen LogP contribution in [0.3, 0.4) is 0 Å². The summed E-state index contributed by atoms with van der Waals surface area (Å²) in [5.74, 6) is 0. The van der Waals surface area contributed by atoms with Crippen molar-refractivity contribution in [2.45, 2.75) is 40.9 Å². The number of benzene rings is 3. The fourth-order valence-electron chi connectivity index (χ4n) is 4.92. The predicted octanol–water partition coefficient (Wildman–Crippen LogP) is 5.75. The Morgan fingerprint density at radius 1 is 0.760 bits per heavy atom. The zero-order valence-corrected chi connectivity index (χ0v) is 15.4. The van der Waals surface area contributed by atoms with Gasteiger partial charge in [0.05, 0.1) is 0 Å². The molecule has 1 aliphatic heterocycles. The van der Waals surface area contributed by atoms with Gasteiger partial charge in [0.25, 0.3) is 0 Å². The van der Waals surface area contributed by atoms with Crippen LogP contribution in [-0.4, -0.2) is 0 Å². The highest BCUT2D eigenvalue weighted by atomic mass is 32.2. The molecule has 2 heteroatoms. The molecular weight excluding hydrogens is 322 g/mol. The van der Waals surface area contributed by atoms with Gasteiger partial charge in [-0.2, -0.15) is 0 Å². The lowest BCUT2D eigenvalue weighted by Gasteiger charge is -2.39. The second-order valence-corrected chi connectivity index (χ2v) is 8.95. The number of nitrogens with two attached hydrogens (primary N) is 1. The van der Waals surface area contributed by atoms with E-state index in [9.17, 15) is 0 Å². The monoisotopic (exact) mass is 343 g/mol. The summed E-state index contributed by atoms with van der Waals surface area (Å²) in [5, 5.41) is 0. The number of hydrogen-bond acceptors (Lipinski definition) is 2. The summed E-state index contributed by atoms with van der Waals surface area (Å²) in [6.45, 7) is 4.74. The van der Waals surface area contributed by atoms with Crippen LogP contribution in [0, 0.1) is 0 Å². The van der Waals surface area contributed by atoms with Crippen LogP contribution >= 0.6 is 11.8 Å². The minimum atomic E-state index is -0.105. The topological polar surface area (TPSA) is 26.0 Å². The quantitative estimate of drug-likeness (QED) is 0.526. The van der Waals surface area contributed by atoms with E-state index < -0.39 is 0 Å². The van der Waals surface area contributed by atoms with E-state index in [1.54, 1.807) is 0 Å². The van der Waals surface area contributed by atoms with Gasteiger partial charge in [-0.1, -0.05) is 68.1 Å². The molecule has 0 bridgehead atoms. The van der Waals surface area contributed by atoms with Gasteiger partial charge in [0.2, 0.25) is 0 Å². The lowest BCUT2D eigenvalue weighted by atomic mass is 9.68. The molecule has 0 saturated heterocycles. The molecular formula is C23H21NS. The molecule has 1 unspecified atom stereocenters. The first-order chi connectivity index (χ1) is 12.0. The van der Waals surface area contributed by atoms with Crippen LogP contribution in [0.4, 0.5) is 5.69 Å². The van der Waals surface area contributed by atoms with Crippen LogP contribution in [-0.2, 0) is 10.8 Å². The van der Waals surface area contributed by atoms with Crippen LogP contribution in [0.15, 0.2) is 76.5 Å². The average molecular weight is 343 g/mol. The van der Waals surface area contributed by atoms with E-state index in [2.05, 4.69) is 74.5 Å². The highest BCUT2D eigenvalue weighted by Gasteiger charge is 2.52. The van der Waals surface area contributed by atoms with Crippen molar-refractivity contribution in [3.8, 4) is 0 Å². The van der Waals surface area contributed by atoms with Gasteiger partial charge >= 0.3 is 0 Å². The minimum absolute atomic E-state index is 0.105. The molecule has 2 N–H and O–H groups in total. The molecule has 0 aromatic heterocycles. The van der Waals surface area contributed by atoms with E-state index >= 15 is 0 Å². The van der Waals surface area contributed by atoms with Crippen molar-refractivity contribution >= 4 is 17.4 Å². The highest BCUT2D eigenvalue weighted by molar-refractivity contribution is 7.99. The number of hydrogen-bond donors (Lipinski definition) is 1. The van der Waals surface area contributed by atoms with Crippen LogP contribution in [0.2, 0.25) is 0 Å². The van der Waals surface area contributed by atoms with E-state index in [-0.39, 0.29) is 10.8 Å². The van der Waals surface area contributed by atoms with Crippen molar-refractivity contribution in [3.63, 3.8) is 0 Å². The molecule has 0 fully saturated rings. The molecule has 3 aromatic carbocycles. The maximum Gasteiger partial charge on any atom is 0.0485 e. The molecule has 1 heterocycles. The van der Waals surface area contributed by atoms with Gasteiger partial charge in [0, 0.05) is 20.9 Å². The van der Waals surface area contributed by atoms with Crippen molar-refractivity contribution in [2.75, 3.05) is 5.73 Å². The Bertz CT molecular complexity index is 1000. The third-order valence-corrected chi connectivity index (χ3v) is 7.01. The molecule has 124 valence electrons. The third-order valence-electron chi connectivity index (χ3n) is 5.85. The summed E-state index contributed by atoms with van der Waals surface area (Å²) < 4.78 is 0. The van der Waals surface area contributed by atoms with Gasteiger partial charge in [-0.3, -0.25) is 0 Å². The lowest BCUT2D eigenvalue weighted by molar-refractivity contribution is 0.435. The Balaban J connectivity index is 1.93. The molecule has 1 aliphatic carbocycles. The van der Waals surface area contributed by atoms with Crippen molar-refractivity contribution in [2.24, 2.45) is 0 Å². The Morgan fingerprint density at radius 3 is 2.20 bits per heavy atom. The van der Waals surface area contributed by atoms with Crippen molar-refractivity contribution in [1.29, 1.82) is 0 Å². The van der Waals surface area contributed by atoms with Crippen LogP contribution in [0.5, 0.6) is 0 Å². The fraction of sp³-hybridized carbons (Fsp3) is 0.217. The maximum absolute atomic E-state index is 6.23. The first-order valence-electron chi connectivity index (χ1n) is 8.80. The zero-order valence-electron chi connectivity index (χ0n) is 14.5. The van der Waals surface area contributed by atoms with Gasteiger partial charge in [0.1, 0.15) is 0 Å². The smallest absolute Gasteiger partial charge is 0.0485 e. The van der Waals surface area contributed by atoms with Crippen LogP contribution < -0.4 is 5.73 Å². The molecule has 1 nitrogen and oxygen atoms in total. The predicted molar refractivity (Wildman–Crippen MR) is 105 cm³/mol. The molecule has 1 spiro atoms. The highest BCUT2D eigenvalue weighted by Crippen LogP contribution is 2.62. The number of fused-ring (bicyclic) bond motifs is 6. The van der Waals surface area contributed by atoms with E-state index in [1.807, 2.05) is 17.8 Å². The Morgan fingerprint density at radius 2 is 1.40 bits per heavy atom. The van der Waals surface area contributed by atoms with Crippen molar-refractivity contribution in [1.82, 2.24) is 0 Å². The molecule has 0 amide bonds. The number of nitrogen functional groups attached to an aromatic ring is 1. The maximum atomic E-state index is 6.23. The second-order valence-electron chi connectivity index (χ2n) is 7.87. The normalized spacial score (nSPS) is 22.3. The largest absolute Gasteiger partial charge is 0.399 e. The summed E-state index contributed by atoms with van der Waals surface area (Å²) in [5.41, 5.74) is 12.8. The SMILES string of the molecule is CC1(C)CC2(c3ccccc3Sc3ccc(N)cc32)c2ccccc21. The molecule has 0 radical (unpaired) electrons.